The molecule has 0 N–H and O–H groups in total. The lowest BCUT2D eigenvalue weighted by Gasteiger charge is -2.27. The fourth-order valence-corrected chi connectivity index (χ4v) is 2.63. The highest BCUT2D eigenvalue weighted by Crippen LogP contribution is 2.15. The Labute approximate surface area is 127 Å². The molecule has 0 saturated carbocycles. The molecular weight excluding hydrogens is 264 g/mol. The third-order valence-electron chi connectivity index (χ3n) is 3.76. The normalized spacial score (nSPS) is 18.4. The molecule has 2 rings (SSSR count). The molecule has 1 aromatic rings. The van der Waals surface area contributed by atoms with Crippen molar-refractivity contribution < 1.29 is 9.47 Å². The lowest BCUT2D eigenvalue weighted by Crippen LogP contribution is -2.32. The predicted octanol–water partition coefficient (Wildman–Crippen LogP) is 2.69. The Morgan fingerprint density at radius 3 is 2.86 bits per heavy atom. The van der Waals surface area contributed by atoms with Crippen LogP contribution in [0.2, 0.25) is 0 Å². The summed E-state index contributed by atoms with van der Waals surface area (Å²) >= 11 is 0. The van der Waals surface area contributed by atoms with Crippen LogP contribution in [0.15, 0.2) is 24.3 Å². The van der Waals surface area contributed by atoms with Gasteiger partial charge in [-0.3, -0.25) is 0 Å². The van der Waals surface area contributed by atoms with Crippen molar-refractivity contribution in [2.24, 2.45) is 5.92 Å². The second kappa shape index (κ2) is 8.66. The SMILES string of the molecule is CN(CCCOc1ccc(C#N)cc1)CC1CCCOC1. The zero-order valence-corrected chi connectivity index (χ0v) is 12.8. The Hall–Kier alpha value is -1.57. The standard InChI is InChI=1S/C17H24N2O2/c1-19(13-16-4-2-10-20-14-16)9-3-11-21-17-7-5-15(12-18)6-8-17/h5-8,16H,2-4,9-11,13-14H2,1H3. The van der Waals surface area contributed by atoms with E-state index in [4.69, 9.17) is 14.7 Å². The van der Waals surface area contributed by atoms with Gasteiger partial charge in [-0.1, -0.05) is 0 Å². The average Bonchev–Trinajstić information content (AvgIpc) is 2.53. The first-order valence-electron chi connectivity index (χ1n) is 7.67. The number of benzene rings is 1. The van der Waals surface area contributed by atoms with E-state index in [-0.39, 0.29) is 0 Å². The molecule has 0 aliphatic carbocycles. The molecule has 1 fully saturated rings. The maximum atomic E-state index is 8.73. The molecule has 0 bridgehead atoms. The molecule has 4 heteroatoms. The van der Waals surface area contributed by atoms with E-state index in [0.717, 1.165) is 38.5 Å². The maximum Gasteiger partial charge on any atom is 0.119 e. The van der Waals surface area contributed by atoms with Crippen LogP contribution in [-0.2, 0) is 4.74 Å². The minimum Gasteiger partial charge on any atom is -0.494 e. The minimum atomic E-state index is 0.664. The molecule has 1 atom stereocenters. The molecule has 0 spiro atoms. The average molecular weight is 288 g/mol. The minimum absolute atomic E-state index is 0.664. The summed E-state index contributed by atoms with van der Waals surface area (Å²) in [6, 6.07) is 9.36. The van der Waals surface area contributed by atoms with Gasteiger partial charge in [-0.05, 0) is 56.5 Å². The van der Waals surface area contributed by atoms with Crippen LogP contribution < -0.4 is 4.74 Å². The van der Waals surface area contributed by atoms with Crippen LogP contribution in [0.5, 0.6) is 5.75 Å². The van der Waals surface area contributed by atoms with E-state index >= 15 is 0 Å². The van der Waals surface area contributed by atoms with Crippen molar-refractivity contribution in [3.05, 3.63) is 29.8 Å². The van der Waals surface area contributed by atoms with Crippen LogP contribution in [-0.4, -0.2) is 44.9 Å². The van der Waals surface area contributed by atoms with Crippen LogP contribution in [0.1, 0.15) is 24.8 Å². The van der Waals surface area contributed by atoms with Crippen LogP contribution in [0, 0.1) is 17.2 Å². The Morgan fingerprint density at radius 2 is 2.19 bits per heavy atom. The summed E-state index contributed by atoms with van der Waals surface area (Å²) in [7, 11) is 2.16. The summed E-state index contributed by atoms with van der Waals surface area (Å²) in [6.07, 6.45) is 3.48. The molecule has 0 radical (unpaired) electrons. The Morgan fingerprint density at radius 1 is 1.38 bits per heavy atom. The Balaban J connectivity index is 1.59. The van der Waals surface area contributed by atoms with Crippen molar-refractivity contribution in [2.45, 2.75) is 19.3 Å². The molecule has 21 heavy (non-hydrogen) atoms. The summed E-state index contributed by atoms with van der Waals surface area (Å²) in [5, 5.41) is 8.73. The topological polar surface area (TPSA) is 45.5 Å². The van der Waals surface area contributed by atoms with Gasteiger partial charge in [-0.2, -0.15) is 5.26 Å². The molecule has 0 amide bonds. The van der Waals surface area contributed by atoms with E-state index in [9.17, 15) is 0 Å². The molecule has 4 nitrogen and oxygen atoms in total. The largest absolute Gasteiger partial charge is 0.494 e. The maximum absolute atomic E-state index is 8.73. The smallest absolute Gasteiger partial charge is 0.119 e. The highest BCUT2D eigenvalue weighted by Gasteiger charge is 2.15. The molecule has 1 unspecified atom stereocenters. The zero-order chi connectivity index (χ0) is 14.9. The third kappa shape index (κ3) is 5.74. The van der Waals surface area contributed by atoms with Gasteiger partial charge in [-0.15, -0.1) is 0 Å². The number of hydrogen-bond donors (Lipinski definition) is 0. The number of hydrogen-bond acceptors (Lipinski definition) is 4. The summed E-state index contributed by atoms with van der Waals surface area (Å²) < 4.78 is 11.2. The van der Waals surface area contributed by atoms with Gasteiger partial charge in [0.2, 0.25) is 0 Å². The van der Waals surface area contributed by atoms with Gasteiger partial charge in [0.1, 0.15) is 5.75 Å². The monoisotopic (exact) mass is 288 g/mol. The predicted molar refractivity (Wildman–Crippen MR) is 82.3 cm³/mol. The fraction of sp³-hybridized carbons (Fsp3) is 0.588. The molecular formula is C17H24N2O2. The van der Waals surface area contributed by atoms with Crippen LogP contribution >= 0.6 is 0 Å². The summed E-state index contributed by atoms with van der Waals surface area (Å²) in [4.78, 5) is 2.36. The molecule has 1 saturated heterocycles. The van der Waals surface area contributed by atoms with E-state index in [1.807, 2.05) is 12.1 Å². The van der Waals surface area contributed by atoms with Gasteiger partial charge in [0.25, 0.3) is 0 Å². The highest BCUT2D eigenvalue weighted by molar-refractivity contribution is 5.34. The summed E-state index contributed by atoms with van der Waals surface area (Å²) in [5.41, 5.74) is 0.664. The summed E-state index contributed by atoms with van der Waals surface area (Å²) in [6.45, 7) is 4.69. The van der Waals surface area contributed by atoms with E-state index in [0.29, 0.717) is 18.1 Å². The first-order valence-corrected chi connectivity index (χ1v) is 7.67. The number of nitriles is 1. The van der Waals surface area contributed by atoms with Crippen molar-refractivity contribution in [3.63, 3.8) is 0 Å². The van der Waals surface area contributed by atoms with Crippen LogP contribution in [0.3, 0.4) is 0 Å². The molecule has 0 aromatic heterocycles. The van der Waals surface area contributed by atoms with Gasteiger partial charge in [-0.25, -0.2) is 0 Å². The Bertz CT molecular complexity index is 447. The van der Waals surface area contributed by atoms with Crippen molar-refractivity contribution in [1.29, 1.82) is 5.26 Å². The van der Waals surface area contributed by atoms with Crippen molar-refractivity contribution in [3.8, 4) is 11.8 Å². The van der Waals surface area contributed by atoms with E-state index in [2.05, 4.69) is 18.0 Å². The highest BCUT2D eigenvalue weighted by atomic mass is 16.5. The molecule has 1 aliphatic heterocycles. The Kier molecular flexibility index (Phi) is 6.52. The van der Waals surface area contributed by atoms with Crippen molar-refractivity contribution in [2.75, 3.05) is 40.0 Å². The lowest BCUT2D eigenvalue weighted by molar-refractivity contribution is 0.0415. The number of nitrogens with zero attached hydrogens (tertiary/aromatic N) is 2. The zero-order valence-electron chi connectivity index (χ0n) is 12.8. The second-order valence-corrected chi connectivity index (χ2v) is 5.68. The van der Waals surface area contributed by atoms with Gasteiger partial charge >= 0.3 is 0 Å². The van der Waals surface area contributed by atoms with Gasteiger partial charge in [0.15, 0.2) is 0 Å². The van der Waals surface area contributed by atoms with Gasteiger partial charge in [0.05, 0.1) is 24.8 Å². The van der Waals surface area contributed by atoms with E-state index < -0.39 is 0 Å². The molecule has 1 aliphatic rings. The van der Waals surface area contributed by atoms with Gasteiger partial charge < -0.3 is 14.4 Å². The quantitative estimate of drug-likeness (QED) is 0.724. The third-order valence-corrected chi connectivity index (χ3v) is 3.76. The molecule has 1 aromatic carbocycles. The van der Waals surface area contributed by atoms with Gasteiger partial charge in [0, 0.05) is 19.7 Å². The van der Waals surface area contributed by atoms with Crippen molar-refractivity contribution >= 4 is 0 Å². The first-order chi connectivity index (χ1) is 10.3. The molecule has 1 heterocycles. The van der Waals surface area contributed by atoms with Crippen LogP contribution in [0.25, 0.3) is 0 Å². The fourth-order valence-electron chi connectivity index (χ4n) is 2.63. The van der Waals surface area contributed by atoms with Crippen molar-refractivity contribution in [1.82, 2.24) is 4.90 Å². The van der Waals surface area contributed by atoms with Crippen LogP contribution in [0.4, 0.5) is 0 Å². The second-order valence-electron chi connectivity index (χ2n) is 5.68. The van der Waals surface area contributed by atoms with E-state index in [1.165, 1.54) is 12.8 Å². The number of ether oxygens (including phenoxy) is 2. The summed E-state index contributed by atoms with van der Waals surface area (Å²) in [5.74, 6) is 1.51. The lowest BCUT2D eigenvalue weighted by atomic mass is 10.0. The molecule has 114 valence electrons. The van der Waals surface area contributed by atoms with E-state index in [1.54, 1.807) is 12.1 Å². The number of rotatable bonds is 7. The first kappa shape index (κ1) is 15.8.